The van der Waals surface area contributed by atoms with E-state index in [0.29, 0.717) is 48.8 Å². The lowest BCUT2D eigenvalue weighted by molar-refractivity contribution is 0.0364. The number of anilines is 1. The van der Waals surface area contributed by atoms with Gasteiger partial charge in [-0.15, -0.1) is 0 Å². The molecule has 0 radical (unpaired) electrons. The van der Waals surface area contributed by atoms with Crippen molar-refractivity contribution in [3.8, 4) is 5.75 Å². The first-order valence-corrected chi connectivity index (χ1v) is 11.0. The van der Waals surface area contributed by atoms with E-state index in [0.717, 1.165) is 23.9 Å². The summed E-state index contributed by atoms with van der Waals surface area (Å²) in [4.78, 5) is 29.1. The lowest BCUT2D eigenvalue weighted by Crippen LogP contribution is -2.40. The number of para-hydroxylation sites is 1. The highest BCUT2D eigenvalue weighted by molar-refractivity contribution is 6.04. The van der Waals surface area contributed by atoms with Gasteiger partial charge in [-0.2, -0.15) is 0 Å². The van der Waals surface area contributed by atoms with Crippen molar-refractivity contribution in [2.24, 2.45) is 0 Å². The molecular formula is C25H26N4O4. The Balaban J connectivity index is 1.54. The second-order valence-electron chi connectivity index (χ2n) is 8.01. The predicted molar refractivity (Wildman–Crippen MR) is 128 cm³/mol. The molecule has 4 aromatic rings. The lowest BCUT2D eigenvalue weighted by atomic mass is 10.1. The Labute approximate surface area is 190 Å². The molecule has 2 heterocycles. The number of benzene rings is 3. The molecule has 0 aliphatic carbocycles. The largest absolute Gasteiger partial charge is 0.494 e. The highest BCUT2D eigenvalue weighted by Crippen LogP contribution is 2.26. The van der Waals surface area contributed by atoms with E-state index < -0.39 is 6.03 Å². The van der Waals surface area contributed by atoms with Gasteiger partial charge in [0.1, 0.15) is 11.3 Å². The van der Waals surface area contributed by atoms with Crippen LogP contribution >= 0.6 is 0 Å². The first-order valence-electron chi connectivity index (χ1n) is 11.0. The zero-order chi connectivity index (χ0) is 22.8. The zero-order valence-electron chi connectivity index (χ0n) is 18.5. The summed E-state index contributed by atoms with van der Waals surface area (Å²) >= 11 is 0. The Morgan fingerprint density at radius 1 is 1.00 bits per heavy atom. The number of morpholine rings is 1. The van der Waals surface area contributed by atoms with Gasteiger partial charge in [0.25, 0.3) is 0 Å². The van der Waals surface area contributed by atoms with Crippen LogP contribution in [-0.4, -0.2) is 60.0 Å². The number of aromatic nitrogens is 2. The molecule has 0 saturated carbocycles. The van der Waals surface area contributed by atoms with Crippen LogP contribution in [-0.2, 0) is 11.3 Å². The molecule has 1 N–H and O–H groups in total. The topological polar surface area (TPSA) is 77.7 Å². The molecule has 1 amide bonds. The van der Waals surface area contributed by atoms with Gasteiger partial charge in [-0.25, -0.2) is 14.2 Å². The number of carbonyl (C=O) groups excluding carboxylic acids is 1. The summed E-state index contributed by atoms with van der Waals surface area (Å²) in [6.07, 6.45) is 0. The molecule has 33 heavy (non-hydrogen) atoms. The Morgan fingerprint density at radius 3 is 2.58 bits per heavy atom. The number of hydrogen-bond donors (Lipinski definition) is 1. The second-order valence-corrected chi connectivity index (χ2v) is 8.01. The number of nitrogens with one attached hydrogen (secondary N) is 1. The van der Waals surface area contributed by atoms with Gasteiger partial charge < -0.3 is 14.8 Å². The van der Waals surface area contributed by atoms with Crippen molar-refractivity contribution in [2.75, 3.05) is 45.3 Å². The maximum absolute atomic E-state index is 13.5. The van der Waals surface area contributed by atoms with Crippen molar-refractivity contribution < 1.29 is 14.3 Å². The van der Waals surface area contributed by atoms with E-state index in [4.69, 9.17) is 9.47 Å². The fourth-order valence-electron chi connectivity index (χ4n) is 4.42. The van der Waals surface area contributed by atoms with Crippen LogP contribution < -0.4 is 15.7 Å². The summed E-state index contributed by atoms with van der Waals surface area (Å²) in [5.74, 6) is 0.559. The summed E-state index contributed by atoms with van der Waals surface area (Å²) in [6.45, 7) is 4.16. The molecule has 1 aromatic heterocycles. The van der Waals surface area contributed by atoms with Crippen molar-refractivity contribution >= 4 is 33.5 Å². The number of ether oxygens (including phenoxy) is 2. The van der Waals surface area contributed by atoms with E-state index >= 15 is 0 Å². The van der Waals surface area contributed by atoms with Gasteiger partial charge in [0.2, 0.25) is 0 Å². The van der Waals surface area contributed by atoms with Crippen LogP contribution in [0.1, 0.15) is 0 Å². The van der Waals surface area contributed by atoms with Gasteiger partial charge in [0.05, 0.1) is 31.5 Å². The summed E-state index contributed by atoms with van der Waals surface area (Å²) in [7, 11) is 1.57. The molecule has 0 spiro atoms. The van der Waals surface area contributed by atoms with Crippen molar-refractivity contribution in [3.63, 3.8) is 0 Å². The number of methoxy groups -OCH3 is 1. The first kappa shape index (κ1) is 21.2. The normalized spacial score (nSPS) is 14.6. The third kappa shape index (κ3) is 3.99. The second kappa shape index (κ2) is 9.09. The average Bonchev–Trinajstić information content (AvgIpc) is 3.14. The summed E-state index contributed by atoms with van der Waals surface area (Å²) in [5, 5.41) is 4.86. The molecule has 0 bridgehead atoms. The summed E-state index contributed by atoms with van der Waals surface area (Å²) < 4.78 is 13.8. The molecular weight excluding hydrogens is 420 g/mol. The highest BCUT2D eigenvalue weighted by atomic mass is 16.5. The molecule has 0 atom stereocenters. The standard InChI is InChI=1S/C25H26N4O4/c1-32-22-11-5-10-21-23(22)28(13-12-27-14-16-33-17-15-27)25(31)29(21)24(30)26-20-9-4-7-18-6-2-3-8-19(18)20/h2-11H,12-17H2,1H3,(H,26,30). The SMILES string of the molecule is COc1cccc2c1n(CCN1CCOCC1)c(=O)n2C(=O)Nc1cccc2ccccc12. The predicted octanol–water partition coefficient (Wildman–Crippen LogP) is 3.38. The fraction of sp³-hybridized carbons (Fsp3) is 0.280. The minimum Gasteiger partial charge on any atom is -0.494 e. The van der Waals surface area contributed by atoms with E-state index in [-0.39, 0.29) is 5.69 Å². The Hall–Kier alpha value is -3.62. The number of carbonyl (C=O) groups is 1. The van der Waals surface area contributed by atoms with Gasteiger partial charge in [0.15, 0.2) is 0 Å². The number of rotatable bonds is 5. The molecule has 1 fully saturated rings. The van der Waals surface area contributed by atoms with E-state index in [1.54, 1.807) is 29.9 Å². The molecule has 1 saturated heterocycles. The van der Waals surface area contributed by atoms with Crippen LogP contribution in [0.25, 0.3) is 21.8 Å². The molecule has 5 rings (SSSR count). The molecule has 1 aliphatic rings. The van der Waals surface area contributed by atoms with Crippen molar-refractivity contribution in [1.29, 1.82) is 0 Å². The number of hydrogen-bond acceptors (Lipinski definition) is 5. The fourth-order valence-corrected chi connectivity index (χ4v) is 4.42. The van der Waals surface area contributed by atoms with Gasteiger partial charge in [-0.05, 0) is 23.6 Å². The number of fused-ring (bicyclic) bond motifs is 2. The van der Waals surface area contributed by atoms with E-state index in [9.17, 15) is 9.59 Å². The van der Waals surface area contributed by atoms with Crippen LogP contribution in [0.2, 0.25) is 0 Å². The van der Waals surface area contributed by atoms with Gasteiger partial charge in [-0.3, -0.25) is 9.47 Å². The molecule has 1 aliphatic heterocycles. The molecule has 3 aromatic carbocycles. The first-order chi connectivity index (χ1) is 16.2. The third-order valence-electron chi connectivity index (χ3n) is 6.11. The maximum Gasteiger partial charge on any atom is 0.337 e. The van der Waals surface area contributed by atoms with Gasteiger partial charge in [-0.1, -0.05) is 42.5 Å². The van der Waals surface area contributed by atoms with Crippen LogP contribution in [0, 0.1) is 0 Å². The highest BCUT2D eigenvalue weighted by Gasteiger charge is 2.22. The number of amides is 1. The monoisotopic (exact) mass is 446 g/mol. The Morgan fingerprint density at radius 2 is 1.76 bits per heavy atom. The van der Waals surface area contributed by atoms with Crippen LogP contribution in [0.15, 0.2) is 65.5 Å². The molecule has 170 valence electrons. The molecule has 0 unspecified atom stereocenters. The van der Waals surface area contributed by atoms with Gasteiger partial charge >= 0.3 is 11.7 Å². The maximum atomic E-state index is 13.5. The Bertz CT molecular complexity index is 1360. The summed E-state index contributed by atoms with van der Waals surface area (Å²) in [5.41, 5.74) is 1.40. The van der Waals surface area contributed by atoms with E-state index in [2.05, 4.69) is 10.2 Å². The third-order valence-corrected chi connectivity index (χ3v) is 6.11. The van der Waals surface area contributed by atoms with Crippen LogP contribution in [0.4, 0.5) is 10.5 Å². The van der Waals surface area contributed by atoms with Crippen molar-refractivity contribution in [1.82, 2.24) is 14.0 Å². The molecule has 8 nitrogen and oxygen atoms in total. The Kier molecular flexibility index (Phi) is 5.85. The smallest absolute Gasteiger partial charge is 0.337 e. The lowest BCUT2D eigenvalue weighted by Gasteiger charge is -2.26. The summed E-state index contributed by atoms with van der Waals surface area (Å²) in [6, 6.07) is 18.4. The molecule has 8 heteroatoms. The number of nitrogens with zero attached hydrogens (tertiary/aromatic N) is 3. The van der Waals surface area contributed by atoms with E-state index in [1.165, 1.54) is 4.57 Å². The average molecular weight is 447 g/mol. The van der Waals surface area contributed by atoms with Gasteiger partial charge in [0, 0.05) is 31.6 Å². The van der Waals surface area contributed by atoms with Crippen LogP contribution in [0.3, 0.4) is 0 Å². The van der Waals surface area contributed by atoms with E-state index in [1.807, 2.05) is 42.5 Å². The minimum atomic E-state index is -0.500. The minimum absolute atomic E-state index is 0.388. The van der Waals surface area contributed by atoms with Crippen molar-refractivity contribution in [2.45, 2.75) is 6.54 Å². The zero-order valence-corrected chi connectivity index (χ0v) is 18.5. The number of imidazole rings is 1. The van der Waals surface area contributed by atoms with Crippen LogP contribution in [0.5, 0.6) is 5.75 Å². The van der Waals surface area contributed by atoms with Crippen molar-refractivity contribution in [3.05, 3.63) is 71.1 Å². The quantitative estimate of drug-likeness (QED) is 0.509.